The number of rotatable bonds is 2. The van der Waals surface area contributed by atoms with Crippen LogP contribution >= 0.6 is 11.6 Å². The molecular formula is C11H14ClNO3. The molecule has 0 aliphatic carbocycles. The summed E-state index contributed by atoms with van der Waals surface area (Å²) >= 11 is 6.08. The number of aliphatic hydroxyl groups excluding tert-OH is 1. The van der Waals surface area contributed by atoms with Crippen LogP contribution in [0.15, 0.2) is 6.07 Å². The van der Waals surface area contributed by atoms with Gasteiger partial charge in [0.25, 0.3) is 0 Å². The number of ether oxygens (including phenoxy) is 2. The van der Waals surface area contributed by atoms with Gasteiger partial charge in [-0.2, -0.15) is 0 Å². The van der Waals surface area contributed by atoms with Crippen LogP contribution in [0.5, 0.6) is 11.5 Å². The molecule has 2 rings (SSSR count). The van der Waals surface area contributed by atoms with E-state index in [2.05, 4.69) is 0 Å². The third kappa shape index (κ3) is 1.84. The Balaban J connectivity index is 2.53. The summed E-state index contributed by atoms with van der Waals surface area (Å²) in [6.45, 7) is 2.76. The molecule has 0 spiro atoms. The molecule has 0 bridgehead atoms. The van der Waals surface area contributed by atoms with E-state index in [0.717, 1.165) is 11.1 Å². The lowest BCUT2D eigenvalue weighted by Crippen LogP contribution is -2.20. The van der Waals surface area contributed by atoms with Crippen molar-refractivity contribution in [1.29, 1.82) is 0 Å². The van der Waals surface area contributed by atoms with Crippen LogP contribution < -0.4 is 15.2 Å². The number of benzene rings is 1. The van der Waals surface area contributed by atoms with Gasteiger partial charge in [-0.1, -0.05) is 11.6 Å². The summed E-state index contributed by atoms with van der Waals surface area (Å²) in [6, 6.07) is 1.28. The Morgan fingerprint density at radius 1 is 1.44 bits per heavy atom. The first kappa shape index (κ1) is 11.5. The molecule has 1 aliphatic rings. The van der Waals surface area contributed by atoms with Gasteiger partial charge in [0.1, 0.15) is 13.2 Å². The first-order valence-corrected chi connectivity index (χ1v) is 5.48. The van der Waals surface area contributed by atoms with Crippen LogP contribution in [-0.4, -0.2) is 24.9 Å². The van der Waals surface area contributed by atoms with Crippen LogP contribution in [0.4, 0.5) is 0 Å². The SMILES string of the molecule is Cc1c(C(N)CO)cc(Cl)c2c1OCCO2. The molecule has 1 atom stereocenters. The fourth-order valence-corrected chi connectivity index (χ4v) is 2.06. The summed E-state index contributed by atoms with van der Waals surface area (Å²) in [6.07, 6.45) is 0. The van der Waals surface area contributed by atoms with Crippen molar-refractivity contribution in [3.05, 3.63) is 22.2 Å². The van der Waals surface area contributed by atoms with Gasteiger partial charge < -0.3 is 20.3 Å². The topological polar surface area (TPSA) is 64.7 Å². The van der Waals surface area contributed by atoms with Gasteiger partial charge in [0.2, 0.25) is 0 Å². The number of halogens is 1. The average molecular weight is 244 g/mol. The van der Waals surface area contributed by atoms with E-state index in [1.807, 2.05) is 6.92 Å². The Morgan fingerprint density at radius 3 is 2.69 bits per heavy atom. The highest BCUT2D eigenvalue weighted by molar-refractivity contribution is 6.32. The van der Waals surface area contributed by atoms with Gasteiger partial charge >= 0.3 is 0 Å². The normalized spacial score (nSPS) is 16.0. The summed E-state index contributed by atoms with van der Waals surface area (Å²) in [5.74, 6) is 1.21. The van der Waals surface area contributed by atoms with Gasteiger partial charge in [0.15, 0.2) is 11.5 Å². The number of nitrogens with two attached hydrogens (primary N) is 1. The van der Waals surface area contributed by atoms with Gasteiger partial charge in [-0.05, 0) is 24.1 Å². The van der Waals surface area contributed by atoms with Crippen LogP contribution in [0.3, 0.4) is 0 Å². The van der Waals surface area contributed by atoms with Gasteiger partial charge in [-0.25, -0.2) is 0 Å². The smallest absolute Gasteiger partial charge is 0.180 e. The minimum atomic E-state index is -0.451. The molecular weight excluding hydrogens is 230 g/mol. The number of hydrogen-bond donors (Lipinski definition) is 2. The van der Waals surface area contributed by atoms with Crippen LogP contribution in [-0.2, 0) is 0 Å². The van der Waals surface area contributed by atoms with E-state index in [1.54, 1.807) is 6.07 Å². The molecule has 4 nitrogen and oxygen atoms in total. The Bertz CT molecular complexity index is 409. The average Bonchev–Trinajstić information content (AvgIpc) is 2.33. The predicted octanol–water partition coefficient (Wildman–Crippen LogP) is 1.41. The number of aliphatic hydroxyl groups is 1. The molecule has 1 heterocycles. The quantitative estimate of drug-likeness (QED) is 0.825. The van der Waals surface area contributed by atoms with Crippen LogP contribution in [0.25, 0.3) is 0 Å². The second-order valence-corrected chi connectivity index (χ2v) is 4.12. The van der Waals surface area contributed by atoms with E-state index in [4.69, 9.17) is 31.9 Å². The summed E-state index contributed by atoms with van der Waals surface area (Å²) in [5, 5.41) is 9.54. The van der Waals surface area contributed by atoms with Crippen molar-refractivity contribution in [3.8, 4) is 11.5 Å². The molecule has 1 aromatic carbocycles. The van der Waals surface area contributed by atoms with Crippen LogP contribution in [0, 0.1) is 6.92 Å². The van der Waals surface area contributed by atoms with Gasteiger partial charge in [-0.15, -0.1) is 0 Å². The standard InChI is InChI=1S/C11H14ClNO3/c1-6-7(9(13)5-14)4-8(12)11-10(6)15-2-3-16-11/h4,9,14H,2-3,5,13H2,1H3. The van der Waals surface area contributed by atoms with Crippen molar-refractivity contribution in [2.45, 2.75) is 13.0 Å². The molecule has 0 saturated carbocycles. The lowest BCUT2D eigenvalue weighted by Gasteiger charge is -2.24. The summed E-state index contributed by atoms with van der Waals surface area (Å²) in [7, 11) is 0. The van der Waals surface area contributed by atoms with E-state index in [0.29, 0.717) is 29.7 Å². The second-order valence-electron chi connectivity index (χ2n) is 3.72. The fraction of sp³-hybridized carbons (Fsp3) is 0.455. The highest BCUT2D eigenvalue weighted by Crippen LogP contribution is 2.42. The minimum Gasteiger partial charge on any atom is -0.486 e. The molecule has 16 heavy (non-hydrogen) atoms. The Morgan fingerprint density at radius 2 is 2.06 bits per heavy atom. The van der Waals surface area contributed by atoms with Gasteiger partial charge in [-0.3, -0.25) is 0 Å². The molecule has 0 radical (unpaired) electrons. The number of hydrogen-bond acceptors (Lipinski definition) is 4. The maximum Gasteiger partial charge on any atom is 0.180 e. The predicted molar refractivity (Wildman–Crippen MR) is 61.2 cm³/mol. The Kier molecular flexibility index (Phi) is 3.23. The van der Waals surface area contributed by atoms with Gasteiger partial charge in [0.05, 0.1) is 17.7 Å². The largest absolute Gasteiger partial charge is 0.486 e. The zero-order valence-electron chi connectivity index (χ0n) is 9.00. The lowest BCUT2D eigenvalue weighted by atomic mass is 10.0. The molecule has 0 fully saturated rings. The molecule has 1 aliphatic heterocycles. The molecule has 5 heteroatoms. The van der Waals surface area contributed by atoms with E-state index >= 15 is 0 Å². The molecule has 1 aromatic rings. The molecule has 0 amide bonds. The van der Waals surface area contributed by atoms with Crippen molar-refractivity contribution in [2.75, 3.05) is 19.8 Å². The molecule has 0 aromatic heterocycles. The summed E-state index contributed by atoms with van der Waals surface area (Å²) in [4.78, 5) is 0. The Labute approximate surface area is 98.9 Å². The van der Waals surface area contributed by atoms with E-state index in [1.165, 1.54) is 0 Å². The lowest BCUT2D eigenvalue weighted by molar-refractivity contribution is 0.170. The minimum absolute atomic E-state index is 0.128. The summed E-state index contributed by atoms with van der Waals surface area (Å²) in [5.41, 5.74) is 7.46. The van der Waals surface area contributed by atoms with E-state index in [9.17, 15) is 0 Å². The van der Waals surface area contributed by atoms with Gasteiger partial charge in [0, 0.05) is 0 Å². The third-order valence-corrected chi connectivity index (χ3v) is 2.93. The maximum atomic E-state index is 9.07. The third-order valence-electron chi connectivity index (χ3n) is 2.65. The van der Waals surface area contributed by atoms with Crippen molar-refractivity contribution < 1.29 is 14.6 Å². The van der Waals surface area contributed by atoms with Crippen molar-refractivity contribution in [3.63, 3.8) is 0 Å². The molecule has 0 saturated heterocycles. The van der Waals surface area contributed by atoms with Crippen LogP contribution in [0.2, 0.25) is 5.02 Å². The highest BCUT2D eigenvalue weighted by Gasteiger charge is 2.22. The summed E-state index contributed by atoms with van der Waals surface area (Å²) < 4.78 is 11.0. The first-order chi connectivity index (χ1) is 7.65. The number of fused-ring (bicyclic) bond motifs is 1. The van der Waals surface area contributed by atoms with Crippen LogP contribution in [0.1, 0.15) is 17.2 Å². The zero-order valence-corrected chi connectivity index (χ0v) is 9.75. The second kappa shape index (κ2) is 4.49. The highest BCUT2D eigenvalue weighted by atomic mass is 35.5. The van der Waals surface area contributed by atoms with E-state index in [-0.39, 0.29) is 6.61 Å². The van der Waals surface area contributed by atoms with Crippen molar-refractivity contribution in [1.82, 2.24) is 0 Å². The monoisotopic (exact) mass is 243 g/mol. The van der Waals surface area contributed by atoms with Crippen molar-refractivity contribution >= 4 is 11.6 Å². The molecule has 1 unspecified atom stereocenters. The van der Waals surface area contributed by atoms with Crippen molar-refractivity contribution in [2.24, 2.45) is 5.73 Å². The molecule has 88 valence electrons. The molecule has 3 N–H and O–H groups in total. The fourth-order valence-electron chi connectivity index (χ4n) is 1.80. The first-order valence-electron chi connectivity index (χ1n) is 5.10. The van der Waals surface area contributed by atoms with E-state index < -0.39 is 6.04 Å². The maximum absolute atomic E-state index is 9.07. The Hall–Kier alpha value is -0.970. The zero-order chi connectivity index (χ0) is 11.7.